The normalized spacial score (nSPS) is 15.7. The number of Topliss-reactive ketones (excluding diaryl/α,β-unsaturated/α-hetero) is 1. The molecule has 3 rings (SSSR count). The van der Waals surface area contributed by atoms with Crippen LogP contribution in [0.5, 0.6) is 0 Å². The van der Waals surface area contributed by atoms with Gasteiger partial charge in [-0.15, -0.1) is 4.91 Å². The van der Waals surface area contributed by atoms with Crippen molar-refractivity contribution in [2.45, 2.75) is 25.3 Å². The fraction of sp³-hybridized carbons (Fsp3) is 0.435. The minimum atomic E-state index is -0.540. The number of carbonyl (C=O) groups excluding carboxylic acids is 1. The van der Waals surface area contributed by atoms with Crippen molar-refractivity contribution < 1.29 is 14.7 Å². The second-order valence-electron chi connectivity index (χ2n) is 7.50. The van der Waals surface area contributed by atoms with E-state index >= 15 is 0 Å². The first-order valence-corrected chi connectivity index (χ1v) is 10.1. The van der Waals surface area contributed by atoms with Gasteiger partial charge in [0, 0.05) is 24.3 Å². The van der Waals surface area contributed by atoms with Crippen molar-refractivity contribution in [2.24, 2.45) is 5.34 Å². The summed E-state index contributed by atoms with van der Waals surface area (Å²) >= 11 is 0. The first kappa shape index (κ1) is 23.5. The Morgan fingerprint density at radius 3 is 2.17 bits per heavy atom. The van der Waals surface area contributed by atoms with E-state index in [4.69, 9.17) is 14.9 Å². The number of anilines is 1. The van der Waals surface area contributed by atoms with E-state index in [2.05, 4.69) is 41.0 Å². The summed E-state index contributed by atoms with van der Waals surface area (Å²) in [5.41, 5.74) is 2.58. The summed E-state index contributed by atoms with van der Waals surface area (Å²) in [7, 11) is 4.01. The zero-order chi connectivity index (χ0) is 22.0. The van der Waals surface area contributed by atoms with Gasteiger partial charge in [-0.3, -0.25) is 9.69 Å². The summed E-state index contributed by atoms with van der Waals surface area (Å²) in [6.45, 7) is 5.42. The Labute approximate surface area is 178 Å². The van der Waals surface area contributed by atoms with Crippen molar-refractivity contribution in [3.05, 3.63) is 70.6 Å². The Morgan fingerprint density at radius 2 is 1.67 bits per heavy atom. The number of rotatable bonds is 7. The van der Waals surface area contributed by atoms with Crippen molar-refractivity contribution in [1.82, 2.24) is 4.90 Å². The predicted molar refractivity (Wildman–Crippen MR) is 118 cm³/mol. The lowest BCUT2D eigenvalue weighted by molar-refractivity contribution is 0.0666. The monoisotopic (exact) mass is 413 g/mol. The minimum absolute atomic E-state index is 0.187. The standard InChI is InChI=1S/C23H30N2O2.HNO2/c1-4-23(24(2)3,18-19-8-6-5-7-9-19)22(26)20-10-12-21(13-11-20)25-14-16-27-17-15-25;2-1-3/h5-13H,4,14-18H2,1-3H3;(H,2,3). The molecule has 1 saturated heterocycles. The number of ether oxygens (including phenoxy) is 1. The molecule has 1 N–H and O–H groups in total. The van der Waals surface area contributed by atoms with Crippen molar-refractivity contribution in [2.75, 3.05) is 45.3 Å². The van der Waals surface area contributed by atoms with Crippen LogP contribution >= 0.6 is 0 Å². The van der Waals surface area contributed by atoms with Gasteiger partial charge in [0.05, 0.1) is 18.8 Å². The highest BCUT2D eigenvalue weighted by Crippen LogP contribution is 2.28. The van der Waals surface area contributed by atoms with Crippen LogP contribution in [0, 0.1) is 4.91 Å². The number of likely N-dealkylation sites (N-methyl/N-ethyl adjacent to an activating group) is 1. The van der Waals surface area contributed by atoms with Crippen LogP contribution in [0.3, 0.4) is 0 Å². The van der Waals surface area contributed by atoms with E-state index in [9.17, 15) is 4.79 Å². The van der Waals surface area contributed by atoms with Crippen LogP contribution in [0.2, 0.25) is 0 Å². The first-order valence-electron chi connectivity index (χ1n) is 10.1. The number of benzene rings is 2. The highest BCUT2D eigenvalue weighted by Gasteiger charge is 2.39. The van der Waals surface area contributed by atoms with E-state index in [-0.39, 0.29) is 5.78 Å². The molecule has 0 aromatic heterocycles. The third-order valence-electron chi connectivity index (χ3n) is 5.71. The zero-order valence-corrected chi connectivity index (χ0v) is 18.0. The lowest BCUT2D eigenvalue weighted by Crippen LogP contribution is -2.52. The SMILES string of the molecule is CCC(Cc1ccccc1)(C(=O)c1ccc(N2CCOCC2)cc1)N(C)C.O=NO. The fourth-order valence-electron chi connectivity index (χ4n) is 3.89. The molecule has 7 nitrogen and oxygen atoms in total. The molecular weight excluding hydrogens is 382 g/mol. The minimum Gasteiger partial charge on any atom is -0.379 e. The highest BCUT2D eigenvalue weighted by atomic mass is 16.6. The maximum absolute atomic E-state index is 13.6. The Morgan fingerprint density at radius 1 is 1.10 bits per heavy atom. The molecule has 0 bridgehead atoms. The Balaban J connectivity index is 0.00000101. The largest absolute Gasteiger partial charge is 0.379 e. The van der Waals surface area contributed by atoms with E-state index in [1.54, 1.807) is 0 Å². The van der Waals surface area contributed by atoms with E-state index in [1.165, 1.54) is 10.9 Å². The van der Waals surface area contributed by atoms with Gasteiger partial charge in [0.2, 0.25) is 0 Å². The maximum atomic E-state index is 13.6. The third kappa shape index (κ3) is 5.64. The quantitative estimate of drug-likeness (QED) is 0.422. The number of morpholine rings is 1. The predicted octanol–water partition coefficient (Wildman–Crippen LogP) is 3.80. The van der Waals surface area contributed by atoms with Gasteiger partial charge < -0.3 is 14.8 Å². The summed E-state index contributed by atoms with van der Waals surface area (Å²) in [6, 6.07) is 18.4. The number of ketones is 1. The van der Waals surface area contributed by atoms with E-state index in [1.807, 2.05) is 44.4 Å². The smallest absolute Gasteiger partial charge is 0.183 e. The molecule has 1 aliphatic rings. The molecule has 1 heterocycles. The molecule has 0 amide bonds. The molecule has 0 radical (unpaired) electrons. The number of nitrogens with zero attached hydrogens (tertiary/aromatic N) is 3. The van der Waals surface area contributed by atoms with Crippen molar-refractivity contribution in [1.29, 1.82) is 0 Å². The Hall–Kier alpha value is -2.77. The Kier molecular flexibility index (Phi) is 8.95. The molecule has 0 saturated carbocycles. The molecule has 7 heteroatoms. The molecular formula is C23H31N3O4. The topological polar surface area (TPSA) is 82.4 Å². The van der Waals surface area contributed by atoms with Crippen LogP contribution in [-0.4, -0.2) is 61.8 Å². The van der Waals surface area contributed by atoms with E-state index < -0.39 is 5.54 Å². The van der Waals surface area contributed by atoms with E-state index in [0.29, 0.717) is 6.42 Å². The van der Waals surface area contributed by atoms with Gasteiger partial charge in [-0.05, 0) is 56.8 Å². The Bertz CT molecular complexity index is 790. The first-order chi connectivity index (χ1) is 14.5. The molecule has 1 aliphatic heterocycles. The van der Waals surface area contributed by atoms with Crippen molar-refractivity contribution >= 4 is 11.5 Å². The van der Waals surface area contributed by atoms with Gasteiger partial charge in [0.1, 0.15) is 0 Å². The molecule has 2 aromatic rings. The number of hydrogen-bond donors (Lipinski definition) is 1. The molecule has 0 spiro atoms. The zero-order valence-electron chi connectivity index (χ0n) is 18.0. The van der Waals surface area contributed by atoms with Crippen molar-refractivity contribution in [3.63, 3.8) is 0 Å². The van der Waals surface area contributed by atoms with Crippen LogP contribution in [0.1, 0.15) is 29.3 Å². The van der Waals surface area contributed by atoms with Gasteiger partial charge in [-0.1, -0.05) is 37.3 Å². The summed E-state index contributed by atoms with van der Waals surface area (Å²) in [5, 5.41) is 7.89. The van der Waals surface area contributed by atoms with Gasteiger partial charge in [-0.2, -0.15) is 0 Å². The molecule has 30 heavy (non-hydrogen) atoms. The van der Waals surface area contributed by atoms with E-state index in [0.717, 1.165) is 44.0 Å². The van der Waals surface area contributed by atoms with Gasteiger partial charge in [-0.25, -0.2) is 0 Å². The number of carbonyl (C=O) groups is 1. The molecule has 1 atom stereocenters. The average molecular weight is 414 g/mol. The van der Waals surface area contributed by atoms with Crippen LogP contribution in [0.15, 0.2) is 59.9 Å². The molecule has 2 aromatic carbocycles. The molecule has 162 valence electrons. The second kappa shape index (κ2) is 11.4. The summed E-state index contributed by atoms with van der Waals surface area (Å²) in [5.74, 6) is 0.187. The summed E-state index contributed by atoms with van der Waals surface area (Å²) in [6.07, 6.45) is 1.47. The average Bonchev–Trinajstić information content (AvgIpc) is 2.79. The van der Waals surface area contributed by atoms with Crippen molar-refractivity contribution in [3.8, 4) is 0 Å². The van der Waals surface area contributed by atoms with Crippen LogP contribution in [0.25, 0.3) is 0 Å². The van der Waals surface area contributed by atoms with Gasteiger partial charge >= 0.3 is 0 Å². The third-order valence-corrected chi connectivity index (χ3v) is 5.71. The van der Waals surface area contributed by atoms with Crippen LogP contribution in [0.4, 0.5) is 5.69 Å². The summed E-state index contributed by atoms with van der Waals surface area (Å²) in [4.78, 5) is 26.1. The van der Waals surface area contributed by atoms with Crippen LogP contribution < -0.4 is 4.90 Å². The maximum Gasteiger partial charge on any atom is 0.183 e. The second-order valence-corrected chi connectivity index (χ2v) is 7.50. The highest BCUT2D eigenvalue weighted by molar-refractivity contribution is 6.03. The summed E-state index contributed by atoms with van der Waals surface area (Å²) < 4.78 is 5.42. The molecule has 1 unspecified atom stereocenters. The van der Waals surface area contributed by atoms with Gasteiger partial charge in [0.25, 0.3) is 0 Å². The lowest BCUT2D eigenvalue weighted by Gasteiger charge is -2.38. The van der Waals surface area contributed by atoms with Gasteiger partial charge in [0.15, 0.2) is 11.1 Å². The molecule has 1 fully saturated rings. The number of hydrogen-bond acceptors (Lipinski definition) is 6. The van der Waals surface area contributed by atoms with Crippen LogP contribution in [-0.2, 0) is 11.2 Å². The lowest BCUT2D eigenvalue weighted by atomic mass is 9.80. The molecule has 0 aliphatic carbocycles. The fourth-order valence-corrected chi connectivity index (χ4v) is 3.89.